The molecule has 25 heavy (non-hydrogen) atoms. The van der Waals surface area contributed by atoms with Crippen molar-refractivity contribution in [3.8, 4) is 18.1 Å². The molecule has 1 aromatic rings. The third kappa shape index (κ3) is 4.05. The Hall–Kier alpha value is -1.84. The van der Waals surface area contributed by atoms with Gasteiger partial charge in [-0.2, -0.15) is 0 Å². The van der Waals surface area contributed by atoms with Crippen LogP contribution in [-0.2, 0) is 4.79 Å². The molecule has 1 aliphatic heterocycles. The molecule has 0 atom stereocenters. The molecule has 0 spiro atoms. The summed E-state index contributed by atoms with van der Waals surface area (Å²) in [4.78, 5) is 14.5. The number of nitrogens with zero attached hydrogens (tertiary/aromatic N) is 1. The van der Waals surface area contributed by atoms with E-state index in [1.165, 1.54) is 6.42 Å². The zero-order chi connectivity index (χ0) is 17.8. The molecule has 0 bridgehead atoms. The van der Waals surface area contributed by atoms with E-state index in [0.29, 0.717) is 16.6 Å². The van der Waals surface area contributed by atoms with E-state index in [-0.39, 0.29) is 18.6 Å². The van der Waals surface area contributed by atoms with Gasteiger partial charge >= 0.3 is 0 Å². The maximum atomic E-state index is 12.8. The van der Waals surface area contributed by atoms with Gasteiger partial charge in [0.2, 0.25) is 0 Å². The molecule has 1 saturated heterocycles. The highest BCUT2D eigenvalue weighted by molar-refractivity contribution is 9.10. The standard InChI is InChI=1S/C19H19BrN2O2S/c1-2-10-24-17-9-8-13(11-15(17)20)12-16-18(23)22(19(25)21-16)14-6-4-3-5-7-14/h1,8-9,11-12,14H,3-7,10H2,(H,21,25). The van der Waals surface area contributed by atoms with Crippen molar-refractivity contribution in [2.24, 2.45) is 0 Å². The summed E-state index contributed by atoms with van der Waals surface area (Å²) in [5.74, 6) is 3.06. The lowest BCUT2D eigenvalue weighted by molar-refractivity contribution is -0.124. The second-order valence-electron chi connectivity index (χ2n) is 6.14. The third-order valence-corrected chi connectivity index (χ3v) is 5.35. The van der Waals surface area contributed by atoms with Gasteiger partial charge in [0.15, 0.2) is 5.11 Å². The summed E-state index contributed by atoms with van der Waals surface area (Å²) in [7, 11) is 0. The fourth-order valence-corrected chi connectivity index (χ4v) is 4.08. The highest BCUT2D eigenvalue weighted by Gasteiger charge is 2.36. The lowest BCUT2D eigenvalue weighted by Crippen LogP contribution is -2.41. The first kappa shape index (κ1) is 18.0. The monoisotopic (exact) mass is 418 g/mol. The van der Waals surface area contributed by atoms with Crippen molar-refractivity contribution in [3.63, 3.8) is 0 Å². The molecule has 0 aromatic heterocycles. The zero-order valence-electron chi connectivity index (χ0n) is 13.8. The Morgan fingerprint density at radius 2 is 2.16 bits per heavy atom. The summed E-state index contributed by atoms with van der Waals surface area (Å²) < 4.78 is 6.22. The second-order valence-corrected chi connectivity index (χ2v) is 7.38. The summed E-state index contributed by atoms with van der Waals surface area (Å²) in [6, 6.07) is 5.81. The van der Waals surface area contributed by atoms with E-state index in [4.69, 9.17) is 23.4 Å². The quantitative estimate of drug-likeness (QED) is 0.457. The first-order valence-corrected chi connectivity index (χ1v) is 9.52. The number of hydrogen-bond donors (Lipinski definition) is 1. The van der Waals surface area contributed by atoms with Crippen molar-refractivity contribution in [1.29, 1.82) is 0 Å². The molecule has 0 radical (unpaired) electrons. The molecule has 6 heteroatoms. The molecular weight excluding hydrogens is 400 g/mol. The molecule has 3 rings (SSSR count). The molecular formula is C19H19BrN2O2S. The predicted molar refractivity (Wildman–Crippen MR) is 106 cm³/mol. The average molecular weight is 419 g/mol. The summed E-state index contributed by atoms with van der Waals surface area (Å²) in [6.45, 7) is 0.212. The molecule has 4 nitrogen and oxygen atoms in total. The molecule has 1 amide bonds. The first-order chi connectivity index (χ1) is 12.1. The highest BCUT2D eigenvalue weighted by atomic mass is 79.9. The number of carbonyl (C=O) groups is 1. The van der Waals surface area contributed by atoms with Crippen LogP contribution in [0.2, 0.25) is 0 Å². The van der Waals surface area contributed by atoms with E-state index in [1.54, 1.807) is 4.90 Å². The molecule has 1 N–H and O–H groups in total. The fraction of sp³-hybridized carbons (Fsp3) is 0.368. The smallest absolute Gasteiger partial charge is 0.276 e. The fourth-order valence-electron chi connectivity index (χ4n) is 3.23. The largest absolute Gasteiger partial charge is 0.480 e. The van der Waals surface area contributed by atoms with E-state index in [9.17, 15) is 4.79 Å². The van der Waals surface area contributed by atoms with Crippen LogP contribution in [0.5, 0.6) is 5.75 Å². The lowest BCUT2D eigenvalue weighted by atomic mass is 9.94. The number of nitrogens with one attached hydrogen (secondary N) is 1. The summed E-state index contributed by atoms with van der Waals surface area (Å²) in [6.07, 6.45) is 12.6. The van der Waals surface area contributed by atoms with Crippen LogP contribution in [0, 0.1) is 12.3 Å². The maximum Gasteiger partial charge on any atom is 0.276 e. The van der Waals surface area contributed by atoms with E-state index in [1.807, 2.05) is 24.3 Å². The number of terminal acetylenes is 1. The molecule has 1 aliphatic carbocycles. The van der Waals surface area contributed by atoms with Crippen molar-refractivity contribution in [3.05, 3.63) is 33.9 Å². The molecule has 0 unspecified atom stereocenters. The van der Waals surface area contributed by atoms with Crippen LogP contribution in [-0.4, -0.2) is 28.6 Å². The zero-order valence-corrected chi connectivity index (χ0v) is 16.2. The molecule has 130 valence electrons. The van der Waals surface area contributed by atoms with Gasteiger partial charge in [0.05, 0.1) is 4.47 Å². The van der Waals surface area contributed by atoms with Crippen molar-refractivity contribution < 1.29 is 9.53 Å². The number of hydrogen-bond acceptors (Lipinski definition) is 3. The SMILES string of the molecule is C#CCOc1ccc(C=C2NC(=S)N(C3CCCCC3)C2=O)cc1Br. The predicted octanol–water partition coefficient (Wildman–Crippen LogP) is 3.85. The Kier molecular flexibility index (Phi) is 5.77. The first-order valence-electron chi connectivity index (χ1n) is 8.32. The highest BCUT2D eigenvalue weighted by Crippen LogP contribution is 2.29. The van der Waals surface area contributed by atoms with Gasteiger partial charge in [0, 0.05) is 6.04 Å². The van der Waals surface area contributed by atoms with Gasteiger partial charge in [-0.05, 0) is 64.8 Å². The lowest BCUT2D eigenvalue weighted by Gasteiger charge is -2.29. The van der Waals surface area contributed by atoms with Crippen LogP contribution in [0.3, 0.4) is 0 Å². The van der Waals surface area contributed by atoms with Crippen molar-refractivity contribution in [1.82, 2.24) is 10.2 Å². The van der Waals surface area contributed by atoms with Gasteiger partial charge in [0.1, 0.15) is 18.1 Å². The van der Waals surface area contributed by atoms with E-state index in [0.717, 1.165) is 35.7 Å². The van der Waals surface area contributed by atoms with Gasteiger partial charge in [0.25, 0.3) is 5.91 Å². The molecule has 1 heterocycles. The number of thiocarbonyl (C=S) groups is 1. The van der Waals surface area contributed by atoms with E-state index < -0.39 is 0 Å². The van der Waals surface area contributed by atoms with Crippen molar-refractivity contribution in [2.45, 2.75) is 38.1 Å². The minimum atomic E-state index is -0.0410. The minimum Gasteiger partial charge on any atom is -0.480 e. The van der Waals surface area contributed by atoms with Gasteiger partial charge < -0.3 is 10.1 Å². The van der Waals surface area contributed by atoms with Crippen LogP contribution >= 0.6 is 28.1 Å². The van der Waals surface area contributed by atoms with Gasteiger partial charge in [-0.25, -0.2) is 0 Å². The number of rotatable bonds is 4. The number of halogens is 1. The van der Waals surface area contributed by atoms with Crippen LogP contribution < -0.4 is 10.1 Å². The summed E-state index contributed by atoms with van der Waals surface area (Å²) in [5.41, 5.74) is 1.39. The Labute approximate surface area is 161 Å². The normalized spacial score (nSPS) is 19.8. The number of benzene rings is 1. The number of amides is 1. The van der Waals surface area contributed by atoms with E-state index in [2.05, 4.69) is 27.2 Å². The Morgan fingerprint density at radius 1 is 1.40 bits per heavy atom. The topological polar surface area (TPSA) is 41.6 Å². The van der Waals surface area contributed by atoms with Crippen molar-refractivity contribution >= 4 is 45.2 Å². The van der Waals surface area contributed by atoms with Crippen LogP contribution in [0.4, 0.5) is 0 Å². The maximum absolute atomic E-state index is 12.8. The van der Waals surface area contributed by atoms with Gasteiger partial charge in [-0.1, -0.05) is 31.2 Å². The van der Waals surface area contributed by atoms with Crippen LogP contribution in [0.25, 0.3) is 6.08 Å². The van der Waals surface area contributed by atoms with Crippen LogP contribution in [0.15, 0.2) is 28.4 Å². The summed E-state index contributed by atoms with van der Waals surface area (Å²) >= 11 is 8.85. The van der Waals surface area contributed by atoms with Crippen molar-refractivity contribution in [2.75, 3.05) is 6.61 Å². The van der Waals surface area contributed by atoms with Gasteiger partial charge in [-0.15, -0.1) is 6.42 Å². The molecule has 1 aromatic carbocycles. The second kappa shape index (κ2) is 8.03. The van der Waals surface area contributed by atoms with Gasteiger partial charge in [-0.3, -0.25) is 9.69 Å². The molecule has 2 aliphatic rings. The minimum absolute atomic E-state index is 0.0410. The number of carbonyl (C=O) groups excluding carboxylic acids is 1. The van der Waals surface area contributed by atoms with E-state index >= 15 is 0 Å². The Morgan fingerprint density at radius 3 is 2.84 bits per heavy atom. The molecule has 1 saturated carbocycles. The molecule has 2 fully saturated rings. The third-order valence-electron chi connectivity index (χ3n) is 4.43. The van der Waals surface area contributed by atoms with Crippen LogP contribution in [0.1, 0.15) is 37.7 Å². The Bertz CT molecular complexity index is 763. The average Bonchev–Trinajstić information content (AvgIpc) is 2.88. The number of ether oxygens (including phenoxy) is 1. The Balaban J connectivity index is 1.77. The summed E-state index contributed by atoms with van der Waals surface area (Å²) in [5, 5.41) is 3.57.